The summed E-state index contributed by atoms with van der Waals surface area (Å²) in [6.07, 6.45) is 1.80. The Morgan fingerprint density at radius 2 is 2.00 bits per heavy atom. The summed E-state index contributed by atoms with van der Waals surface area (Å²) in [7, 11) is 1.62. The number of nitrogens with zero attached hydrogens (tertiary/aromatic N) is 3. The maximum Gasteiger partial charge on any atom is 0.168 e. The summed E-state index contributed by atoms with van der Waals surface area (Å²) in [6, 6.07) is 9.29. The van der Waals surface area contributed by atoms with Crippen LogP contribution in [0.4, 0.5) is 5.69 Å². The largest absolute Gasteiger partial charge is 0.493 e. The van der Waals surface area contributed by atoms with Crippen LogP contribution in [0.2, 0.25) is 0 Å². The van der Waals surface area contributed by atoms with Crippen LogP contribution in [0.1, 0.15) is 6.92 Å². The predicted molar refractivity (Wildman–Crippen MR) is 80.6 cm³/mol. The van der Waals surface area contributed by atoms with Crippen molar-refractivity contribution in [2.24, 2.45) is 0 Å². The highest BCUT2D eigenvalue weighted by atomic mass is 16.5. The van der Waals surface area contributed by atoms with Crippen molar-refractivity contribution < 1.29 is 9.47 Å². The SMILES string of the molecule is CCOc1cc(-c2nnc3ccc(N)cn23)ccc1OC. The lowest BCUT2D eigenvalue weighted by atomic mass is 10.2. The number of anilines is 1. The number of aromatic nitrogens is 3. The van der Waals surface area contributed by atoms with Crippen LogP contribution in [0.25, 0.3) is 17.0 Å². The van der Waals surface area contributed by atoms with E-state index in [1.165, 1.54) is 0 Å². The summed E-state index contributed by atoms with van der Waals surface area (Å²) in [5, 5.41) is 8.36. The molecule has 3 rings (SSSR count). The number of nitrogen functional groups attached to an aromatic ring is 1. The first-order valence-electron chi connectivity index (χ1n) is 6.64. The van der Waals surface area contributed by atoms with E-state index in [2.05, 4.69) is 10.2 Å². The first-order chi connectivity index (χ1) is 10.2. The molecule has 1 aromatic carbocycles. The normalized spacial score (nSPS) is 10.8. The van der Waals surface area contributed by atoms with Gasteiger partial charge >= 0.3 is 0 Å². The number of hydrogen-bond acceptors (Lipinski definition) is 5. The van der Waals surface area contributed by atoms with Gasteiger partial charge in [0.05, 0.1) is 13.7 Å². The molecule has 21 heavy (non-hydrogen) atoms. The second-order valence-corrected chi connectivity index (χ2v) is 4.51. The predicted octanol–water partition coefficient (Wildman–Crippen LogP) is 2.39. The summed E-state index contributed by atoms with van der Waals surface area (Å²) in [5.41, 5.74) is 8.12. The summed E-state index contributed by atoms with van der Waals surface area (Å²) in [6.45, 7) is 2.49. The van der Waals surface area contributed by atoms with E-state index in [-0.39, 0.29) is 0 Å². The zero-order valence-corrected chi connectivity index (χ0v) is 11.9. The van der Waals surface area contributed by atoms with Gasteiger partial charge in [-0.05, 0) is 37.3 Å². The molecule has 0 radical (unpaired) electrons. The molecule has 6 heteroatoms. The van der Waals surface area contributed by atoms with Gasteiger partial charge in [-0.2, -0.15) is 0 Å². The van der Waals surface area contributed by atoms with Gasteiger partial charge in [-0.1, -0.05) is 0 Å². The smallest absolute Gasteiger partial charge is 0.168 e. The van der Waals surface area contributed by atoms with E-state index in [1.807, 2.05) is 35.6 Å². The molecule has 0 atom stereocenters. The van der Waals surface area contributed by atoms with Crippen LogP contribution < -0.4 is 15.2 Å². The minimum atomic E-state index is 0.563. The molecular weight excluding hydrogens is 268 g/mol. The van der Waals surface area contributed by atoms with E-state index >= 15 is 0 Å². The van der Waals surface area contributed by atoms with E-state index < -0.39 is 0 Å². The molecule has 0 bridgehead atoms. The van der Waals surface area contributed by atoms with Crippen molar-refractivity contribution in [2.45, 2.75) is 6.92 Å². The summed E-state index contributed by atoms with van der Waals surface area (Å²) in [4.78, 5) is 0. The second-order valence-electron chi connectivity index (χ2n) is 4.51. The third-order valence-corrected chi connectivity index (χ3v) is 3.15. The standard InChI is InChI=1S/C15H16N4O2/c1-3-21-13-8-10(4-6-12(13)20-2)15-18-17-14-7-5-11(16)9-19(14)15/h4-9H,3,16H2,1-2H3. The molecule has 6 nitrogen and oxygen atoms in total. The fourth-order valence-electron chi connectivity index (χ4n) is 2.19. The van der Waals surface area contributed by atoms with Crippen molar-refractivity contribution in [1.82, 2.24) is 14.6 Å². The molecule has 0 spiro atoms. The maximum absolute atomic E-state index is 5.83. The number of rotatable bonds is 4. The Labute approximate surface area is 122 Å². The Morgan fingerprint density at radius 3 is 2.76 bits per heavy atom. The van der Waals surface area contributed by atoms with Crippen LogP contribution in [-0.4, -0.2) is 28.3 Å². The average molecular weight is 284 g/mol. The molecule has 2 N–H and O–H groups in total. The fourth-order valence-corrected chi connectivity index (χ4v) is 2.19. The van der Waals surface area contributed by atoms with Gasteiger partial charge in [0.25, 0.3) is 0 Å². The average Bonchev–Trinajstić information content (AvgIpc) is 2.90. The Morgan fingerprint density at radius 1 is 1.14 bits per heavy atom. The summed E-state index contributed by atoms with van der Waals surface area (Å²) in [5.74, 6) is 2.08. The Bertz CT molecular complexity index is 782. The van der Waals surface area contributed by atoms with E-state index in [0.29, 0.717) is 29.6 Å². The van der Waals surface area contributed by atoms with Gasteiger partial charge in [-0.25, -0.2) is 0 Å². The third-order valence-electron chi connectivity index (χ3n) is 3.15. The second kappa shape index (κ2) is 5.32. The number of ether oxygens (including phenoxy) is 2. The molecule has 3 aromatic rings. The maximum atomic E-state index is 5.83. The van der Waals surface area contributed by atoms with Crippen molar-refractivity contribution in [3.63, 3.8) is 0 Å². The van der Waals surface area contributed by atoms with Crippen molar-refractivity contribution in [1.29, 1.82) is 0 Å². The number of fused-ring (bicyclic) bond motifs is 1. The van der Waals surface area contributed by atoms with Crippen LogP contribution in [0.15, 0.2) is 36.5 Å². The lowest BCUT2D eigenvalue weighted by Crippen LogP contribution is -1.97. The molecule has 0 unspecified atom stereocenters. The van der Waals surface area contributed by atoms with E-state index in [1.54, 1.807) is 19.4 Å². The first-order valence-corrected chi connectivity index (χ1v) is 6.64. The van der Waals surface area contributed by atoms with Gasteiger partial charge < -0.3 is 15.2 Å². The van der Waals surface area contributed by atoms with Crippen LogP contribution in [-0.2, 0) is 0 Å². The number of benzene rings is 1. The Kier molecular flexibility index (Phi) is 3.35. The zero-order chi connectivity index (χ0) is 14.8. The molecule has 0 aliphatic rings. The Hall–Kier alpha value is -2.76. The lowest BCUT2D eigenvalue weighted by molar-refractivity contribution is 0.311. The molecular formula is C15H16N4O2. The van der Waals surface area contributed by atoms with Gasteiger partial charge in [-0.3, -0.25) is 4.40 Å². The molecule has 0 aliphatic carbocycles. The number of pyridine rings is 1. The van der Waals surface area contributed by atoms with E-state index in [4.69, 9.17) is 15.2 Å². The van der Waals surface area contributed by atoms with E-state index in [9.17, 15) is 0 Å². The molecule has 0 fully saturated rings. The van der Waals surface area contributed by atoms with Gasteiger partial charge in [0.1, 0.15) is 0 Å². The van der Waals surface area contributed by atoms with Gasteiger partial charge in [0, 0.05) is 17.4 Å². The number of nitrogens with two attached hydrogens (primary N) is 1. The summed E-state index contributed by atoms with van der Waals surface area (Å²) < 4.78 is 12.7. The highest BCUT2D eigenvalue weighted by Gasteiger charge is 2.12. The third kappa shape index (κ3) is 2.35. The monoisotopic (exact) mass is 284 g/mol. The quantitative estimate of drug-likeness (QED) is 0.796. The van der Waals surface area contributed by atoms with Gasteiger partial charge in [0.15, 0.2) is 23.0 Å². The molecule has 0 aliphatic heterocycles. The summed E-state index contributed by atoms with van der Waals surface area (Å²) >= 11 is 0. The van der Waals surface area contributed by atoms with Crippen molar-refractivity contribution in [2.75, 3.05) is 19.5 Å². The van der Waals surface area contributed by atoms with Crippen molar-refractivity contribution >= 4 is 11.3 Å². The minimum Gasteiger partial charge on any atom is -0.493 e. The fraction of sp³-hybridized carbons (Fsp3) is 0.200. The van der Waals surface area contributed by atoms with Gasteiger partial charge in [0.2, 0.25) is 0 Å². The minimum absolute atomic E-state index is 0.563. The molecule has 2 aromatic heterocycles. The van der Waals surface area contributed by atoms with E-state index in [0.717, 1.165) is 11.2 Å². The van der Waals surface area contributed by atoms with Crippen LogP contribution in [0.5, 0.6) is 11.5 Å². The number of hydrogen-bond donors (Lipinski definition) is 1. The van der Waals surface area contributed by atoms with Gasteiger partial charge in [-0.15, -0.1) is 10.2 Å². The number of methoxy groups -OCH3 is 1. The topological polar surface area (TPSA) is 74.7 Å². The van der Waals surface area contributed by atoms with Crippen LogP contribution >= 0.6 is 0 Å². The molecule has 108 valence electrons. The zero-order valence-electron chi connectivity index (χ0n) is 11.9. The molecule has 0 saturated heterocycles. The molecule has 2 heterocycles. The van der Waals surface area contributed by atoms with Crippen molar-refractivity contribution in [3.8, 4) is 22.9 Å². The van der Waals surface area contributed by atoms with Crippen LogP contribution in [0.3, 0.4) is 0 Å². The lowest BCUT2D eigenvalue weighted by Gasteiger charge is -2.10. The highest BCUT2D eigenvalue weighted by molar-refractivity contribution is 5.64. The molecule has 0 amide bonds. The molecule has 0 saturated carbocycles. The highest BCUT2D eigenvalue weighted by Crippen LogP contribution is 2.32. The van der Waals surface area contributed by atoms with Crippen molar-refractivity contribution in [3.05, 3.63) is 36.5 Å². The first kappa shape index (κ1) is 13.2. The Balaban J connectivity index is 2.14. The van der Waals surface area contributed by atoms with Crippen LogP contribution in [0, 0.1) is 0 Å².